The second kappa shape index (κ2) is 5.07. The molecule has 0 atom stereocenters. The Morgan fingerprint density at radius 3 is 2.58 bits per heavy atom. The van der Waals surface area contributed by atoms with Gasteiger partial charge in [-0.2, -0.15) is 5.10 Å². The molecule has 5 nitrogen and oxygen atoms in total. The molecule has 0 amide bonds. The van der Waals surface area contributed by atoms with E-state index in [1.54, 1.807) is 11.5 Å². The van der Waals surface area contributed by atoms with E-state index in [-0.39, 0.29) is 16.6 Å². The maximum absolute atomic E-state index is 12.4. The Kier molecular flexibility index (Phi) is 3.64. The highest BCUT2D eigenvalue weighted by Crippen LogP contribution is 2.10. The molecule has 19 heavy (non-hydrogen) atoms. The summed E-state index contributed by atoms with van der Waals surface area (Å²) in [6.45, 7) is 5.69. The van der Waals surface area contributed by atoms with Crippen LogP contribution in [0.25, 0.3) is 11.0 Å². The van der Waals surface area contributed by atoms with Crippen LogP contribution in [0.5, 0.6) is 0 Å². The van der Waals surface area contributed by atoms with Gasteiger partial charge < -0.3 is 0 Å². The van der Waals surface area contributed by atoms with Gasteiger partial charge in [0, 0.05) is 6.54 Å². The Hall–Kier alpha value is -1.79. The molecule has 0 fully saturated rings. The molecule has 0 unspecified atom stereocenters. The first kappa shape index (κ1) is 13.6. The van der Waals surface area contributed by atoms with Crippen molar-refractivity contribution in [2.45, 2.75) is 40.3 Å². The Bertz CT molecular complexity index is 645. The summed E-state index contributed by atoms with van der Waals surface area (Å²) in [5, 5.41) is 4.10. The molecule has 104 valence electrons. The Morgan fingerprint density at radius 2 is 2.00 bits per heavy atom. The molecule has 0 saturated carbocycles. The number of nitrogens with zero attached hydrogens (tertiary/aromatic N) is 4. The van der Waals surface area contributed by atoms with Crippen molar-refractivity contribution in [1.29, 1.82) is 0 Å². The number of aryl methyl sites for hydroxylation is 1. The summed E-state index contributed by atoms with van der Waals surface area (Å²) in [5.74, 6) is 0.814. The van der Waals surface area contributed by atoms with Gasteiger partial charge in [0.1, 0.15) is 17.8 Å². The molecule has 0 aliphatic carbocycles. The second-order valence-electron chi connectivity index (χ2n) is 4.92. The van der Waals surface area contributed by atoms with Gasteiger partial charge in [-0.25, -0.2) is 18.4 Å². The van der Waals surface area contributed by atoms with E-state index in [1.807, 2.05) is 13.8 Å². The third-order valence-electron chi connectivity index (χ3n) is 2.80. The lowest BCUT2D eigenvalue weighted by molar-refractivity contribution is 0.123. The van der Waals surface area contributed by atoms with Crippen molar-refractivity contribution in [1.82, 2.24) is 19.3 Å². The molecule has 0 saturated heterocycles. The van der Waals surface area contributed by atoms with Gasteiger partial charge in [0.05, 0.1) is 6.20 Å². The lowest BCUT2D eigenvalue weighted by Gasteiger charge is -2.12. The van der Waals surface area contributed by atoms with Crippen molar-refractivity contribution in [3.8, 4) is 0 Å². The molecule has 0 aliphatic heterocycles. The number of fused-ring (bicyclic) bond motifs is 1. The fraction of sp³-hybridized carbons (Fsp3) is 0.583. The minimum atomic E-state index is -2.52. The summed E-state index contributed by atoms with van der Waals surface area (Å²) in [4.78, 5) is 16.5. The highest BCUT2D eigenvalue weighted by molar-refractivity contribution is 5.73. The van der Waals surface area contributed by atoms with Gasteiger partial charge in [-0.05, 0) is 12.8 Å². The maximum Gasteiger partial charge on any atom is 0.264 e. The zero-order valence-corrected chi connectivity index (χ0v) is 11.1. The van der Waals surface area contributed by atoms with Gasteiger partial charge in [0.2, 0.25) is 0 Å². The van der Waals surface area contributed by atoms with Gasteiger partial charge in [-0.3, -0.25) is 9.36 Å². The number of alkyl halides is 2. The van der Waals surface area contributed by atoms with E-state index in [0.29, 0.717) is 18.3 Å². The number of rotatable bonds is 4. The zero-order chi connectivity index (χ0) is 14.2. The van der Waals surface area contributed by atoms with Crippen LogP contribution >= 0.6 is 0 Å². The topological polar surface area (TPSA) is 52.7 Å². The van der Waals surface area contributed by atoms with Crippen LogP contribution in [0.1, 0.15) is 19.7 Å². The maximum atomic E-state index is 12.4. The van der Waals surface area contributed by atoms with Crippen LogP contribution in [0.3, 0.4) is 0 Å². The second-order valence-corrected chi connectivity index (χ2v) is 4.92. The van der Waals surface area contributed by atoms with E-state index in [4.69, 9.17) is 0 Å². The van der Waals surface area contributed by atoms with Crippen LogP contribution in [-0.2, 0) is 13.1 Å². The monoisotopic (exact) mass is 270 g/mol. The molecule has 0 radical (unpaired) electrons. The number of hydrogen-bond donors (Lipinski definition) is 0. The van der Waals surface area contributed by atoms with Gasteiger partial charge >= 0.3 is 0 Å². The smallest absolute Gasteiger partial charge is 0.264 e. The molecule has 0 aliphatic rings. The Balaban J connectivity index is 2.58. The summed E-state index contributed by atoms with van der Waals surface area (Å²) < 4.78 is 27.4. The van der Waals surface area contributed by atoms with Crippen molar-refractivity contribution in [3.05, 3.63) is 22.4 Å². The lowest BCUT2D eigenvalue weighted by atomic mass is 10.2. The molecule has 0 N–H and O–H groups in total. The van der Waals surface area contributed by atoms with Crippen LogP contribution in [-0.4, -0.2) is 25.8 Å². The molecule has 2 aromatic heterocycles. The third kappa shape index (κ3) is 2.64. The zero-order valence-electron chi connectivity index (χ0n) is 11.1. The van der Waals surface area contributed by atoms with Crippen molar-refractivity contribution >= 4 is 11.0 Å². The van der Waals surface area contributed by atoms with Crippen molar-refractivity contribution in [2.75, 3.05) is 0 Å². The lowest BCUT2D eigenvalue weighted by Crippen LogP contribution is -2.26. The van der Waals surface area contributed by atoms with Crippen LogP contribution in [0.4, 0.5) is 8.78 Å². The predicted octanol–water partition coefficient (Wildman–Crippen LogP) is 1.82. The highest BCUT2D eigenvalue weighted by atomic mass is 19.3. The molecule has 0 spiro atoms. The molecule has 0 aromatic carbocycles. The van der Waals surface area contributed by atoms with Crippen molar-refractivity contribution < 1.29 is 8.78 Å². The van der Waals surface area contributed by atoms with E-state index in [9.17, 15) is 13.6 Å². The standard InChI is InChI=1S/C12H16F2N4O/c1-7(2)5-17-8(3)16-11-9(12(17)19)4-15-18(11)6-10(13)14/h4,7,10H,5-6H2,1-3H3. The molecular formula is C12H16F2N4O. The van der Waals surface area contributed by atoms with E-state index < -0.39 is 13.0 Å². The number of halogens is 2. The predicted molar refractivity (Wildman–Crippen MR) is 67.4 cm³/mol. The molecule has 2 rings (SSSR count). The number of hydrogen-bond acceptors (Lipinski definition) is 3. The SMILES string of the molecule is Cc1nc2c(cnn2CC(F)F)c(=O)n1CC(C)C. The highest BCUT2D eigenvalue weighted by Gasteiger charge is 2.15. The minimum absolute atomic E-state index is 0.225. The Morgan fingerprint density at radius 1 is 1.32 bits per heavy atom. The minimum Gasteiger partial charge on any atom is -0.296 e. The van der Waals surface area contributed by atoms with Gasteiger partial charge in [0.15, 0.2) is 5.65 Å². The first-order valence-electron chi connectivity index (χ1n) is 6.11. The van der Waals surface area contributed by atoms with Crippen LogP contribution in [0.2, 0.25) is 0 Å². The third-order valence-corrected chi connectivity index (χ3v) is 2.80. The fourth-order valence-electron chi connectivity index (χ4n) is 2.00. The molecule has 2 heterocycles. The van der Waals surface area contributed by atoms with E-state index >= 15 is 0 Å². The summed E-state index contributed by atoms with van der Waals surface area (Å²) in [7, 11) is 0. The molecule has 0 bridgehead atoms. The van der Waals surface area contributed by atoms with Crippen LogP contribution in [0.15, 0.2) is 11.0 Å². The quantitative estimate of drug-likeness (QED) is 0.851. The van der Waals surface area contributed by atoms with E-state index in [2.05, 4.69) is 10.1 Å². The summed E-state index contributed by atoms with van der Waals surface area (Å²) in [6, 6.07) is 0. The van der Waals surface area contributed by atoms with Crippen molar-refractivity contribution in [3.63, 3.8) is 0 Å². The fourth-order valence-corrected chi connectivity index (χ4v) is 2.00. The van der Waals surface area contributed by atoms with E-state index in [1.165, 1.54) is 6.20 Å². The number of aromatic nitrogens is 4. The average Bonchev–Trinajstić information content (AvgIpc) is 2.67. The average molecular weight is 270 g/mol. The summed E-state index contributed by atoms with van der Waals surface area (Å²) >= 11 is 0. The van der Waals surface area contributed by atoms with Gasteiger partial charge in [-0.15, -0.1) is 0 Å². The molecular weight excluding hydrogens is 254 g/mol. The summed E-state index contributed by atoms with van der Waals surface area (Å²) in [5.41, 5.74) is -0.000442. The summed E-state index contributed by atoms with van der Waals surface area (Å²) in [6.07, 6.45) is -1.22. The normalized spacial score (nSPS) is 11.9. The first-order valence-corrected chi connectivity index (χ1v) is 6.11. The van der Waals surface area contributed by atoms with Crippen LogP contribution < -0.4 is 5.56 Å². The largest absolute Gasteiger partial charge is 0.296 e. The van der Waals surface area contributed by atoms with E-state index in [0.717, 1.165) is 4.68 Å². The van der Waals surface area contributed by atoms with Gasteiger partial charge in [0.25, 0.3) is 12.0 Å². The van der Waals surface area contributed by atoms with Crippen LogP contribution in [0, 0.1) is 12.8 Å². The van der Waals surface area contributed by atoms with Gasteiger partial charge in [-0.1, -0.05) is 13.8 Å². The van der Waals surface area contributed by atoms with Crippen molar-refractivity contribution in [2.24, 2.45) is 5.92 Å². The molecule has 2 aromatic rings. The first-order chi connectivity index (χ1) is 8.90. The molecule has 7 heteroatoms. The Labute approximate surface area is 108 Å².